The van der Waals surface area contributed by atoms with Crippen molar-refractivity contribution in [2.45, 2.75) is 39.2 Å². The highest BCUT2D eigenvalue weighted by Gasteiger charge is 2.22. The lowest BCUT2D eigenvalue weighted by Gasteiger charge is -2.19. The molecule has 0 bridgehead atoms. The molecule has 6 heteroatoms. The lowest BCUT2D eigenvalue weighted by atomic mass is 10.1. The zero-order valence-electron chi connectivity index (χ0n) is 14.7. The summed E-state index contributed by atoms with van der Waals surface area (Å²) in [4.78, 5) is 23.9. The molecule has 6 nitrogen and oxygen atoms in total. The third kappa shape index (κ3) is 3.88. The van der Waals surface area contributed by atoms with Crippen LogP contribution in [0.5, 0.6) is 5.75 Å². The number of esters is 1. The van der Waals surface area contributed by atoms with E-state index in [0.29, 0.717) is 17.7 Å². The molecule has 2 rings (SSSR count). The maximum Gasteiger partial charge on any atom is 0.419 e. The SMILES string of the molecule is COC(=O)CCc1cn(C(=O)OC(C)(C)C)c2cccc(OC)c12. The summed E-state index contributed by atoms with van der Waals surface area (Å²) in [6, 6.07) is 5.46. The van der Waals surface area contributed by atoms with Crippen molar-refractivity contribution in [3.8, 4) is 5.75 Å². The lowest BCUT2D eigenvalue weighted by Crippen LogP contribution is -2.26. The number of ether oxygens (including phenoxy) is 3. The number of aromatic nitrogens is 1. The van der Waals surface area contributed by atoms with Crippen molar-refractivity contribution in [1.29, 1.82) is 0 Å². The molecule has 0 aliphatic heterocycles. The van der Waals surface area contributed by atoms with Gasteiger partial charge in [0.15, 0.2) is 0 Å². The average Bonchev–Trinajstić information content (AvgIpc) is 2.90. The van der Waals surface area contributed by atoms with Crippen LogP contribution in [0.3, 0.4) is 0 Å². The van der Waals surface area contributed by atoms with Crippen LogP contribution in [-0.4, -0.2) is 36.5 Å². The number of carbonyl (C=O) groups excluding carboxylic acids is 2. The number of aryl methyl sites for hydroxylation is 1. The van der Waals surface area contributed by atoms with E-state index in [1.54, 1.807) is 13.3 Å². The topological polar surface area (TPSA) is 66.8 Å². The van der Waals surface area contributed by atoms with Crippen molar-refractivity contribution in [3.05, 3.63) is 30.0 Å². The standard InChI is InChI=1S/C18H23NO5/c1-18(2,3)24-17(21)19-11-12(9-10-15(20)23-5)16-13(19)7-6-8-14(16)22-4/h6-8,11H,9-10H2,1-5H3. The predicted molar refractivity (Wildman–Crippen MR) is 90.5 cm³/mol. The van der Waals surface area contributed by atoms with Gasteiger partial charge in [-0.05, 0) is 44.9 Å². The minimum atomic E-state index is -0.598. The second kappa shape index (κ2) is 6.95. The van der Waals surface area contributed by atoms with Gasteiger partial charge in [0, 0.05) is 18.0 Å². The summed E-state index contributed by atoms with van der Waals surface area (Å²) in [6.07, 6.45) is 1.90. The van der Waals surface area contributed by atoms with Gasteiger partial charge in [-0.15, -0.1) is 0 Å². The van der Waals surface area contributed by atoms with Crippen LogP contribution >= 0.6 is 0 Å². The summed E-state index contributed by atoms with van der Waals surface area (Å²) in [5, 5.41) is 0.801. The van der Waals surface area contributed by atoms with Crippen LogP contribution in [0.15, 0.2) is 24.4 Å². The van der Waals surface area contributed by atoms with Crippen LogP contribution in [0.1, 0.15) is 32.8 Å². The monoisotopic (exact) mass is 333 g/mol. The highest BCUT2D eigenvalue weighted by molar-refractivity contribution is 5.96. The Morgan fingerprint density at radius 1 is 1.17 bits per heavy atom. The largest absolute Gasteiger partial charge is 0.496 e. The second-order valence-electron chi connectivity index (χ2n) is 6.44. The Morgan fingerprint density at radius 2 is 1.88 bits per heavy atom. The van der Waals surface area contributed by atoms with Gasteiger partial charge in [-0.25, -0.2) is 4.79 Å². The minimum absolute atomic E-state index is 0.224. The van der Waals surface area contributed by atoms with Gasteiger partial charge in [0.05, 0.1) is 19.7 Å². The smallest absolute Gasteiger partial charge is 0.419 e. The maximum atomic E-state index is 12.5. The predicted octanol–water partition coefficient (Wildman–Crippen LogP) is 3.54. The van der Waals surface area contributed by atoms with E-state index >= 15 is 0 Å². The number of hydrogen-bond donors (Lipinski definition) is 0. The van der Waals surface area contributed by atoms with Gasteiger partial charge in [0.25, 0.3) is 0 Å². The van der Waals surface area contributed by atoms with E-state index in [4.69, 9.17) is 14.2 Å². The maximum absolute atomic E-state index is 12.5. The van der Waals surface area contributed by atoms with Crippen molar-refractivity contribution in [2.24, 2.45) is 0 Å². The lowest BCUT2D eigenvalue weighted by molar-refractivity contribution is -0.140. The third-order valence-electron chi connectivity index (χ3n) is 3.51. The molecule has 0 aliphatic rings. The fourth-order valence-electron chi connectivity index (χ4n) is 2.49. The number of rotatable bonds is 4. The number of nitrogens with zero attached hydrogens (tertiary/aromatic N) is 1. The van der Waals surface area contributed by atoms with Crippen LogP contribution < -0.4 is 4.74 Å². The molecule has 0 unspecified atom stereocenters. The molecule has 0 saturated heterocycles. The molecule has 24 heavy (non-hydrogen) atoms. The Bertz CT molecular complexity index is 755. The molecule has 0 aliphatic carbocycles. The molecule has 0 atom stereocenters. The van der Waals surface area contributed by atoms with Gasteiger partial charge in [0.2, 0.25) is 0 Å². The molecule has 0 amide bonds. The van der Waals surface area contributed by atoms with E-state index in [0.717, 1.165) is 10.9 Å². The van der Waals surface area contributed by atoms with Crippen molar-refractivity contribution in [1.82, 2.24) is 4.57 Å². The molecule has 0 radical (unpaired) electrons. The summed E-state index contributed by atoms with van der Waals surface area (Å²) >= 11 is 0. The summed E-state index contributed by atoms with van der Waals surface area (Å²) in [5.74, 6) is 0.345. The Morgan fingerprint density at radius 3 is 2.46 bits per heavy atom. The zero-order chi connectivity index (χ0) is 17.9. The Hall–Kier alpha value is -2.50. The Balaban J connectivity index is 2.49. The van der Waals surface area contributed by atoms with E-state index in [1.807, 2.05) is 39.0 Å². The summed E-state index contributed by atoms with van der Waals surface area (Å²) in [5.41, 5.74) is 0.917. The molecular weight excluding hydrogens is 310 g/mol. The molecule has 1 heterocycles. The molecule has 1 aromatic carbocycles. The van der Waals surface area contributed by atoms with Gasteiger partial charge >= 0.3 is 12.1 Å². The molecular formula is C18H23NO5. The summed E-state index contributed by atoms with van der Waals surface area (Å²) in [7, 11) is 2.93. The highest BCUT2D eigenvalue weighted by atomic mass is 16.6. The van der Waals surface area contributed by atoms with E-state index in [1.165, 1.54) is 11.7 Å². The first kappa shape index (κ1) is 17.8. The van der Waals surface area contributed by atoms with Gasteiger partial charge in [-0.3, -0.25) is 9.36 Å². The van der Waals surface area contributed by atoms with Crippen LogP contribution in [0, 0.1) is 0 Å². The fourth-order valence-corrected chi connectivity index (χ4v) is 2.49. The van der Waals surface area contributed by atoms with Crippen LogP contribution in [0.4, 0.5) is 4.79 Å². The van der Waals surface area contributed by atoms with Crippen molar-refractivity contribution >= 4 is 23.0 Å². The van der Waals surface area contributed by atoms with Gasteiger partial charge in [-0.2, -0.15) is 0 Å². The molecule has 2 aromatic rings. The quantitative estimate of drug-likeness (QED) is 0.801. The van der Waals surface area contributed by atoms with Gasteiger partial charge < -0.3 is 14.2 Å². The van der Waals surface area contributed by atoms with E-state index < -0.39 is 11.7 Å². The Labute approximate surface area is 141 Å². The van der Waals surface area contributed by atoms with Crippen LogP contribution in [0.2, 0.25) is 0 Å². The molecule has 130 valence electrons. The van der Waals surface area contributed by atoms with Crippen molar-refractivity contribution in [2.75, 3.05) is 14.2 Å². The number of hydrogen-bond acceptors (Lipinski definition) is 5. The molecule has 0 saturated carbocycles. The first-order valence-corrected chi connectivity index (χ1v) is 7.74. The van der Waals surface area contributed by atoms with Crippen molar-refractivity contribution < 1.29 is 23.8 Å². The second-order valence-corrected chi connectivity index (χ2v) is 6.44. The molecule has 1 aromatic heterocycles. The minimum Gasteiger partial charge on any atom is -0.496 e. The first-order valence-electron chi connectivity index (χ1n) is 7.74. The number of methoxy groups -OCH3 is 2. The summed E-state index contributed by atoms with van der Waals surface area (Å²) < 4.78 is 17.0. The normalized spacial score (nSPS) is 11.4. The fraction of sp³-hybridized carbons (Fsp3) is 0.444. The molecule has 0 spiro atoms. The van der Waals surface area contributed by atoms with Gasteiger partial charge in [0.1, 0.15) is 11.4 Å². The first-order chi connectivity index (χ1) is 11.3. The average molecular weight is 333 g/mol. The highest BCUT2D eigenvalue weighted by Crippen LogP contribution is 2.32. The van der Waals surface area contributed by atoms with Crippen molar-refractivity contribution in [3.63, 3.8) is 0 Å². The number of benzene rings is 1. The summed E-state index contributed by atoms with van der Waals surface area (Å²) in [6.45, 7) is 5.44. The third-order valence-corrected chi connectivity index (χ3v) is 3.51. The van der Waals surface area contributed by atoms with Crippen LogP contribution in [0.25, 0.3) is 10.9 Å². The van der Waals surface area contributed by atoms with E-state index in [2.05, 4.69) is 0 Å². The zero-order valence-corrected chi connectivity index (χ0v) is 14.7. The Kier molecular flexibility index (Phi) is 5.17. The molecule has 0 fully saturated rings. The number of carbonyl (C=O) groups is 2. The van der Waals surface area contributed by atoms with E-state index in [-0.39, 0.29) is 12.4 Å². The van der Waals surface area contributed by atoms with E-state index in [9.17, 15) is 9.59 Å². The number of fused-ring (bicyclic) bond motifs is 1. The van der Waals surface area contributed by atoms with Crippen LogP contribution in [-0.2, 0) is 20.7 Å². The molecule has 0 N–H and O–H groups in total. The van der Waals surface area contributed by atoms with Gasteiger partial charge in [-0.1, -0.05) is 6.07 Å².